The third-order valence-corrected chi connectivity index (χ3v) is 3.15. The molecule has 112 valence electrons. The number of amides is 1. The molecule has 0 aliphatic rings. The quantitative estimate of drug-likeness (QED) is 0.791. The van der Waals surface area contributed by atoms with Crippen LogP contribution in [0.2, 0.25) is 0 Å². The molecule has 0 fully saturated rings. The third-order valence-electron chi connectivity index (χ3n) is 3.15. The van der Waals surface area contributed by atoms with Crippen molar-refractivity contribution in [1.29, 1.82) is 0 Å². The number of carbonyl (C=O) groups is 1. The molecule has 2 aromatic rings. The molecule has 0 saturated carbocycles. The van der Waals surface area contributed by atoms with Crippen LogP contribution in [0, 0.1) is 6.92 Å². The van der Waals surface area contributed by atoms with Crippen LogP contribution in [0.4, 0.5) is 0 Å². The van der Waals surface area contributed by atoms with E-state index in [4.69, 9.17) is 0 Å². The van der Waals surface area contributed by atoms with Gasteiger partial charge >= 0.3 is 0 Å². The Morgan fingerprint density at radius 2 is 2.00 bits per heavy atom. The maximum Gasteiger partial charge on any atom is 0.261 e. The number of aromatic amines is 2. The van der Waals surface area contributed by atoms with Crippen LogP contribution in [0.25, 0.3) is 0 Å². The van der Waals surface area contributed by atoms with E-state index in [2.05, 4.69) is 25.5 Å². The summed E-state index contributed by atoms with van der Waals surface area (Å²) >= 11 is 0. The maximum atomic E-state index is 12.1. The number of hydrogen-bond acceptors (Lipinski definition) is 4. The third kappa shape index (κ3) is 3.36. The van der Waals surface area contributed by atoms with E-state index in [1.54, 1.807) is 26.0 Å². The molecule has 2 aromatic heterocycles. The Labute approximate surface area is 122 Å². The average Bonchev–Trinajstić information content (AvgIpc) is 2.85. The zero-order chi connectivity index (χ0) is 15.6. The minimum atomic E-state index is -0.443. The Balaban J connectivity index is 2.15. The summed E-state index contributed by atoms with van der Waals surface area (Å²) in [5.74, 6) is 0.910. The van der Waals surface area contributed by atoms with Gasteiger partial charge in [0.25, 0.3) is 11.5 Å². The van der Waals surface area contributed by atoms with Gasteiger partial charge < -0.3 is 10.3 Å². The number of aromatic nitrogens is 4. The summed E-state index contributed by atoms with van der Waals surface area (Å²) < 4.78 is 0. The van der Waals surface area contributed by atoms with Gasteiger partial charge in [0.05, 0.1) is 6.04 Å². The van der Waals surface area contributed by atoms with Gasteiger partial charge in [-0.15, -0.1) is 0 Å². The van der Waals surface area contributed by atoms with Crippen molar-refractivity contribution >= 4 is 5.91 Å². The predicted octanol–water partition coefficient (Wildman–Crippen LogP) is 1.42. The molecule has 0 aliphatic heterocycles. The first-order chi connectivity index (χ1) is 9.88. The van der Waals surface area contributed by atoms with Crippen molar-refractivity contribution in [3.63, 3.8) is 0 Å². The first-order valence-corrected chi connectivity index (χ1v) is 6.81. The molecule has 0 aliphatic carbocycles. The molecular formula is C14H19N5O2. The SMILES string of the molecule is Cc1nc(C(C)NC(=O)c2ccc(C(C)C)[nH]c2=O)n[nH]1. The molecule has 1 atom stereocenters. The molecule has 0 bridgehead atoms. The van der Waals surface area contributed by atoms with Crippen molar-refractivity contribution in [2.45, 2.75) is 39.7 Å². The number of carbonyl (C=O) groups excluding carboxylic acids is 1. The molecule has 0 aromatic carbocycles. The average molecular weight is 289 g/mol. The summed E-state index contributed by atoms with van der Waals surface area (Å²) in [7, 11) is 0. The van der Waals surface area contributed by atoms with Gasteiger partial charge in [0.15, 0.2) is 5.82 Å². The van der Waals surface area contributed by atoms with Crippen LogP contribution >= 0.6 is 0 Å². The summed E-state index contributed by atoms with van der Waals surface area (Å²) in [4.78, 5) is 31.0. The second-order valence-electron chi connectivity index (χ2n) is 5.29. The van der Waals surface area contributed by atoms with Crippen LogP contribution in [0.3, 0.4) is 0 Å². The summed E-state index contributed by atoms with van der Waals surface area (Å²) in [6.45, 7) is 7.48. The lowest BCUT2D eigenvalue weighted by Gasteiger charge is -2.11. The van der Waals surface area contributed by atoms with E-state index < -0.39 is 11.5 Å². The second-order valence-corrected chi connectivity index (χ2v) is 5.29. The second kappa shape index (κ2) is 5.90. The molecule has 21 heavy (non-hydrogen) atoms. The molecule has 0 radical (unpaired) electrons. The fraction of sp³-hybridized carbons (Fsp3) is 0.429. The van der Waals surface area contributed by atoms with Crippen LogP contribution in [-0.2, 0) is 0 Å². The van der Waals surface area contributed by atoms with E-state index in [-0.39, 0.29) is 17.5 Å². The minimum Gasteiger partial charge on any atom is -0.342 e. The number of hydrogen-bond donors (Lipinski definition) is 3. The summed E-state index contributed by atoms with van der Waals surface area (Å²) in [6.07, 6.45) is 0. The number of nitrogens with zero attached hydrogens (tertiary/aromatic N) is 2. The van der Waals surface area contributed by atoms with Gasteiger partial charge in [-0.2, -0.15) is 5.10 Å². The highest BCUT2D eigenvalue weighted by Gasteiger charge is 2.17. The Kier molecular flexibility index (Phi) is 4.21. The zero-order valence-corrected chi connectivity index (χ0v) is 12.5. The van der Waals surface area contributed by atoms with Crippen LogP contribution in [-0.4, -0.2) is 26.1 Å². The normalized spacial score (nSPS) is 12.4. The van der Waals surface area contributed by atoms with Gasteiger partial charge in [0.2, 0.25) is 0 Å². The summed E-state index contributed by atoms with van der Waals surface area (Å²) in [5.41, 5.74) is 0.491. The fourth-order valence-corrected chi connectivity index (χ4v) is 1.90. The molecule has 1 unspecified atom stereocenters. The van der Waals surface area contributed by atoms with Crippen LogP contribution in [0.15, 0.2) is 16.9 Å². The molecule has 2 rings (SSSR count). The van der Waals surface area contributed by atoms with Crippen LogP contribution in [0.5, 0.6) is 0 Å². The Morgan fingerprint density at radius 3 is 2.52 bits per heavy atom. The topological polar surface area (TPSA) is 104 Å². The Bertz CT molecular complexity index is 701. The number of rotatable bonds is 4. The number of H-pyrrole nitrogens is 2. The highest BCUT2D eigenvalue weighted by Crippen LogP contribution is 2.10. The Hall–Kier alpha value is -2.44. The van der Waals surface area contributed by atoms with E-state index in [9.17, 15) is 9.59 Å². The highest BCUT2D eigenvalue weighted by molar-refractivity contribution is 5.94. The summed E-state index contributed by atoms with van der Waals surface area (Å²) in [5, 5.41) is 9.41. The molecule has 1 amide bonds. The highest BCUT2D eigenvalue weighted by atomic mass is 16.2. The number of pyridine rings is 1. The van der Waals surface area contributed by atoms with Gasteiger partial charge in [-0.05, 0) is 31.9 Å². The zero-order valence-electron chi connectivity index (χ0n) is 12.5. The lowest BCUT2D eigenvalue weighted by molar-refractivity contribution is 0.0936. The van der Waals surface area contributed by atoms with Crippen LogP contribution < -0.4 is 10.9 Å². The van der Waals surface area contributed by atoms with E-state index in [1.807, 2.05) is 13.8 Å². The molecule has 2 heterocycles. The summed E-state index contributed by atoms with van der Waals surface area (Å²) in [6, 6.07) is 2.91. The number of nitrogens with one attached hydrogen (secondary N) is 3. The predicted molar refractivity (Wildman–Crippen MR) is 78.2 cm³/mol. The molecule has 0 spiro atoms. The first-order valence-electron chi connectivity index (χ1n) is 6.81. The van der Waals surface area contributed by atoms with E-state index in [1.165, 1.54) is 0 Å². The van der Waals surface area contributed by atoms with Crippen molar-refractivity contribution < 1.29 is 4.79 Å². The standard InChI is InChI=1S/C14H19N5O2/c1-7(2)11-6-5-10(14(21)17-11)13(20)15-8(3)12-16-9(4)18-19-12/h5-8H,1-4H3,(H,15,20)(H,17,21)(H,16,18,19). The van der Waals surface area contributed by atoms with Gasteiger partial charge in [0.1, 0.15) is 11.4 Å². The Morgan fingerprint density at radius 1 is 1.29 bits per heavy atom. The van der Waals surface area contributed by atoms with Crippen molar-refractivity contribution in [2.24, 2.45) is 0 Å². The molecule has 7 nitrogen and oxygen atoms in total. The van der Waals surface area contributed by atoms with Crippen molar-refractivity contribution in [1.82, 2.24) is 25.5 Å². The lowest BCUT2D eigenvalue weighted by atomic mass is 10.1. The number of aryl methyl sites for hydroxylation is 1. The van der Waals surface area contributed by atoms with E-state index in [0.29, 0.717) is 11.6 Å². The first kappa shape index (κ1) is 15.0. The molecular weight excluding hydrogens is 270 g/mol. The monoisotopic (exact) mass is 289 g/mol. The molecule has 0 saturated heterocycles. The molecule has 3 N–H and O–H groups in total. The molecule has 7 heteroatoms. The van der Waals surface area contributed by atoms with Gasteiger partial charge in [-0.3, -0.25) is 14.7 Å². The van der Waals surface area contributed by atoms with Gasteiger partial charge in [-0.1, -0.05) is 13.8 Å². The minimum absolute atomic E-state index is 0.0820. The largest absolute Gasteiger partial charge is 0.342 e. The maximum absolute atomic E-state index is 12.1. The lowest BCUT2D eigenvalue weighted by Crippen LogP contribution is -2.32. The van der Waals surface area contributed by atoms with E-state index in [0.717, 1.165) is 5.69 Å². The van der Waals surface area contributed by atoms with Gasteiger partial charge in [-0.25, -0.2) is 4.98 Å². The van der Waals surface area contributed by atoms with Crippen LogP contribution in [0.1, 0.15) is 60.4 Å². The van der Waals surface area contributed by atoms with Crippen molar-refractivity contribution in [3.05, 3.63) is 45.4 Å². The van der Waals surface area contributed by atoms with E-state index >= 15 is 0 Å². The van der Waals surface area contributed by atoms with Crippen molar-refractivity contribution in [3.8, 4) is 0 Å². The smallest absolute Gasteiger partial charge is 0.261 e. The van der Waals surface area contributed by atoms with Crippen molar-refractivity contribution in [2.75, 3.05) is 0 Å². The van der Waals surface area contributed by atoms with Gasteiger partial charge in [0, 0.05) is 5.69 Å². The fourth-order valence-electron chi connectivity index (χ4n) is 1.90.